The minimum Gasteiger partial charge on any atom is -0.399 e. The molecule has 1 aliphatic rings. The molecule has 1 rings (SSSR count). The van der Waals surface area contributed by atoms with Crippen LogP contribution in [0.4, 0.5) is 0 Å². The average Bonchev–Trinajstić information content (AvgIpc) is 2.31. The fourth-order valence-electron chi connectivity index (χ4n) is 1.58. The molecular weight excluding hydrogens is 236 g/mol. The first-order chi connectivity index (χ1) is 8.52. The highest BCUT2D eigenvalue weighted by Crippen LogP contribution is 1.98. The molecule has 0 saturated carbocycles. The molecule has 0 radical (unpaired) electrons. The zero-order valence-electron chi connectivity index (χ0n) is 10.5. The summed E-state index contributed by atoms with van der Waals surface area (Å²) < 4.78 is 0. The fourth-order valence-corrected chi connectivity index (χ4v) is 1.58. The van der Waals surface area contributed by atoms with Crippen LogP contribution >= 0.6 is 0 Å². The molecule has 6 N–H and O–H groups in total. The van der Waals surface area contributed by atoms with Gasteiger partial charge in [-0.1, -0.05) is 0 Å². The zero-order valence-corrected chi connectivity index (χ0v) is 10.5. The van der Waals surface area contributed by atoms with E-state index in [-0.39, 0.29) is 18.4 Å². The van der Waals surface area contributed by atoms with Crippen molar-refractivity contribution >= 4 is 11.8 Å². The van der Waals surface area contributed by atoms with Gasteiger partial charge >= 0.3 is 0 Å². The number of nitrogens with zero attached hydrogens (tertiary/aromatic N) is 2. The summed E-state index contributed by atoms with van der Waals surface area (Å²) in [4.78, 5) is 24.2. The van der Waals surface area contributed by atoms with Gasteiger partial charge in [-0.25, -0.2) is 5.84 Å². The lowest BCUT2D eigenvalue weighted by Crippen LogP contribution is -2.49. The summed E-state index contributed by atoms with van der Waals surface area (Å²) in [6.07, 6.45) is 1.46. The number of piperazine rings is 1. The summed E-state index contributed by atoms with van der Waals surface area (Å²) in [6.45, 7) is 2.05. The molecule has 1 saturated heterocycles. The molecule has 0 aromatic heterocycles. The van der Waals surface area contributed by atoms with Gasteiger partial charge in [0.2, 0.25) is 11.8 Å². The van der Waals surface area contributed by atoms with E-state index in [9.17, 15) is 9.59 Å². The van der Waals surface area contributed by atoms with E-state index in [4.69, 9.17) is 11.6 Å². The summed E-state index contributed by atoms with van der Waals surface area (Å²) in [7, 11) is 1.53. The standard InChI is InChI=1S/C10H20N6O2/c1-13-9(17)7-16(12)6-8(11)5-15-3-2-14-4-10(15)18/h6,14H,2-5,7,11-12H2,1H3,(H,13,17)/b8-6-. The van der Waals surface area contributed by atoms with Crippen molar-refractivity contribution in [3.05, 3.63) is 11.9 Å². The Labute approximate surface area is 106 Å². The van der Waals surface area contributed by atoms with Crippen LogP contribution in [0.3, 0.4) is 0 Å². The number of amides is 2. The van der Waals surface area contributed by atoms with E-state index in [2.05, 4.69) is 10.6 Å². The first-order valence-corrected chi connectivity index (χ1v) is 5.69. The molecule has 102 valence electrons. The van der Waals surface area contributed by atoms with E-state index in [0.29, 0.717) is 25.3 Å². The van der Waals surface area contributed by atoms with Crippen LogP contribution in [0.5, 0.6) is 0 Å². The van der Waals surface area contributed by atoms with Crippen LogP contribution in [0.2, 0.25) is 0 Å². The molecule has 0 unspecified atom stereocenters. The van der Waals surface area contributed by atoms with Crippen LogP contribution in [0.25, 0.3) is 0 Å². The molecule has 0 atom stereocenters. The average molecular weight is 256 g/mol. The van der Waals surface area contributed by atoms with Crippen molar-refractivity contribution < 1.29 is 9.59 Å². The quantitative estimate of drug-likeness (QED) is 0.310. The zero-order chi connectivity index (χ0) is 13.5. The molecule has 8 nitrogen and oxygen atoms in total. The second-order valence-electron chi connectivity index (χ2n) is 4.04. The second-order valence-corrected chi connectivity index (χ2v) is 4.04. The van der Waals surface area contributed by atoms with E-state index >= 15 is 0 Å². The lowest BCUT2D eigenvalue weighted by molar-refractivity contribution is -0.131. The summed E-state index contributed by atoms with van der Waals surface area (Å²) in [6, 6.07) is 0. The van der Waals surface area contributed by atoms with Crippen molar-refractivity contribution in [2.45, 2.75) is 0 Å². The van der Waals surface area contributed by atoms with Crippen LogP contribution < -0.4 is 22.2 Å². The topological polar surface area (TPSA) is 117 Å². The van der Waals surface area contributed by atoms with Crippen molar-refractivity contribution in [2.24, 2.45) is 11.6 Å². The Morgan fingerprint density at radius 3 is 3.00 bits per heavy atom. The predicted octanol–water partition coefficient (Wildman–Crippen LogP) is -2.86. The molecule has 0 aromatic carbocycles. The number of hydrogen-bond acceptors (Lipinski definition) is 6. The van der Waals surface area contributed by atoms with E-state index in [1.54, 1.807) is 4.90 Å². The maximum absolute atomic E-state index is 11.5. The third-order valence-corrected chi connectivity index (χ3v) is 2.50. The van der Waals surface area contributed by atoms with Crippen molar-refractivity contribution in [2.75, 3.05) is 39.8 Å². The summed E-state index contributed by atoms with van der Waals surface area (Å²) in [5.74, 6) is 5.39. The largest absolute Gasteiger partial charge is 0.399 e. The van der Waals surface area contributed by atoms with Gasteiger partial charge < -0.3 is 26.3 Å². The van der Waals surface area contributed by atoms with E-state index < -0.39 is 0 Å². The second kappa shape index (κ2) is 6.82. The molecule has 8 heteroatoms. The number of nitrogens with one attached hydrogen (secondary N) is 2. The minimum atomic E-state index is -0.209. The maximum atomic E-state index is 11.5. The molecule has 1 aliphatic heterocycles. The number of rotatable bonds is 5. The number of carbonyl (C=O) groups excluding carboxylic acids is 2. The first kappa shape index (κ1) is 14.3. The van der Waals surface area contributed by atoms with Crippen LogP contribution in [0.15, 0.2) is 11.9 Å². The smallest absolute Gasteiger partial charge is 0.240 e. The Kier molecular flexibility index (Phi) is 5.40. The highest BCUT2D eigenvalue weighted by molar-refractivity contribution is 5.79. The van der Waals surface area contributed by atoms with Crippen molar-refractivity contribution in [3.63, 3.8) is 0 Å². The minimum absolute atomic E-state index is 0.00692. The number of hydrogen-bond donors (Lipinski definition) is 4. The SMILES string of the molecule is CNC(=O)CN(N)/C=C(\N)CN1CCNCC1=O. The molecule has 1 fully saturated rings. The Bertz CT molecular complexity index is 343. The number of hydrazine groups is 1. The predicted molar refractivity (Wildman–Crippen MR) is 66.7 cm³/mol. The van der Waals surface area contributed by atoms with Gasteiger partial charge in [-0.05, 0) is 0 Å². The molecular formula is C10H20N6O2. The van der Waals surface area contributed by atoms with Gasteiger partial charge in [-0.2, -0.15) is 0 Å². The lowest BCUT2D eigenvalue weighted by atomic mass is 10.3. The Balaban J connectivity index is 2.45. The van der Waals surface area contributed by atoms with Gasteiger partial charge in [-0.15, -0.1) is 0 Å². The van der Waals surface area contributed by atoms with E-state index in [0.717, 1.165) is 6.54 Å². The third kappa shape index (κ3) is 4.60. The van der Waals surface area contributed by atoms with Crippen LogP contribution in [0.1, 0.15) is 0 Å². The van der Waals surface area contributed by atoms with E-state index in [1.807, 2.05) is 0 Å². The van der Waals surface area contributed by atoms with Crippen LogP contribution in [-0.2, 0) is 9.59 Å². The molecule has 2 amide bonds. The first-order valence-electron chi connectivity index (χ1n) is 5.69. The third-order valence-electron chi connectivity index (χ3n) is 2.50. The van der Waals surface area contributed by atoms with Crippen molar-refractivity contribution in [3.8, 4) is 0 Å². The van der Waals surface area contributed by atoms with E-state index in [1.165, 1.54) is 18.3 Å². The van der Waals surface area contributed by atoms with Crippen molar-refractivity contribution in [1.82, 2.24) is 20.5 Å². The van der Waals surface area contributed by atoms with Gasteiger partial charge in [0.25, 0.3) is 0 Å². The summed E-state index contributed by atoms with van der Waals surface area (Å²) in [5.41, 5.74) is 6.22. The normalized spacial score (nSPS) is 16.7. The van der Waals surface area contributed by atoms with Crippen LogP contribution in [0, 0.1) is 0 Å². The molecule has 0 spiro atoms. The van der Waals surface area contributed by atoms with Crippen molar-refractivity contribution in [1.29, 1.82) is 0 Å². The Morgan fingerprint density at radius 2 is 2.39 bits per heavy atom. The van der Waals surface area contributed by atoms with Gasteiger partial charge in [0, 0.05) is 32.0 Å². The molecule has 18 heavy (non-hydrogen) atoms. The summed E-state index contributed by atoms with van der Waals surface area (Å²) >= 11 is 0. The Morgan fingerprint density at radius 1 is 1.67 bits per heavy atom. The van der Waals surface area contributed by atoms with Gasteiger partial charge in [-0.3, -0.25) is 9.59 Å². The van der Waals surface area contributed by atoms with Gasteiger partial charge in [0.05, 0.1) is 13.1 Å². The number of nitrogens with two attached hydrogens (primary N) is 2. The molecule has 0 bridgehead atoms. The fraction of sp³-hybridized carbons (Fsp3) is 0.600. The maximum Gasteiger partial charge on any atom is 0.240 e. The van der Waals surface area contributed by atoms with Gasteiger partial charge in [0.15, 0.2) is 0 Å². The van der Waals surface area contributed by atoms with Crippen LogP contribution in [-0.4, -0.2) is 61.5 Å². The molecule has 1 heterocycles. The molecule has 0 aliphatic carbocycles. The van der Waals surface area contributed by atoms with Gasteiger partial charge in [0.1, 0.15) is 6.54 Å². The lowest BCUT2D eigenvalue weighted by Gasteiger charge is -2.27. The number of likely N-dealkylation sites (N-methyl/N-ethyl adjacent to an activating group) is 1. The molecule has 0 aromatic rings. The summed E-state index contributed by atoms with van der Waals surface area (Å²) in [5, 5.41) is 6.62. The number of carbonyl (C=O) groups is 2. The highest BCUT2D eigenvalue weighted by atomic mass is 16.2. The Hall–Kier alpha value is -1.80. The monoisotopic (exact) mass is 256 g/mol. The highest BCUT2D eigenvalue weighted by Gasteiger charge is 2.17.